The number of nitrogens with zero attached hydrogens (tertiary/aromatic N) is 3. The van der Waals surface area contributed by atoms with Crippen molar-refractivity contribution in [2.24, 2.45) is 0 Å². The monoisotopic (exact) mass is 236 g/mol. The van der Waals surface area contributed by atoms with Crippen molar-refractivity contribution in [1.82, 2.24) is 14.9 Å². The van der Waals surface area contributed by atoms with Gasteiger partial charge in [-0.05, 0) is 19.9 Å². The van der Waals surface area contributed by atoms with Gasteiger partial charge in [0.15, 0.2) is 0 Å². The van der Waals surface area contributed by atoms with E-state index in [2.05, 4.69) is 32.5 Å². The largest absolute Gasteiger partial charge is 0.373 e. The van der Waals surface area contributed by atoms with Crippen LogP contribution >= 0.6 is 0 Å². The molecule has 0 aromatic carbocycles. The van der Waals surface area contributed by atoms with Crippen LogP contribution in [0.15, 0.2) is 6.07 Å². The summed E-state index contributed by atoms with van der Waals surface area (Å²) >= 11 is 0. The van der Waals surface area contributed by atoms with Gasteiger partial charge in [0, 0.05) is 32.2 Å². The van der Waals surface area contributed by atoms with Crippen LogP contribution in [0.4, 0.5) is 17.6 Å². The molecule has 2 rings (SSSR count). The second-order valence-electron chi connectivity index (χ2n) is 4.39. The number of rotatable bonds is 6. The van der Waals surface area contributed by atoms with Gasteiger partial charge in [-0.1, -0.05) is 0 Å². The molecule has 0 unspecified atom stereocenters. The molecule has 1 aliphatic carbocycles. The molecule has 1 heterocycles. The maximum absolute atomic E-state index is 5.61. The zero-order valence-corrected chi connectivity index (χ0v) is 10.4. The van der Waals surface area contributed by atoms with Crippen molar-refractivity contribution < 1.29 is 0 Å². The molecule has 1 aliphatic rings. The highest BCUT2D eigenvalue weighted by Crippen LogP contribution is 2.24. The van der Waals surface area contributed by atoms with Crippen molar-refractivity contribution in [2.75, 3.05) is 43.6 Å². The van der Waals surface area contributed by atoms with Gasteiger partial charge >= 0.3 is 0 Å². The summed E-state index contributed by atoms with van der Waals surface area (Å²) in [5.41, 5.74) is 5.61. The zero-order chi connectivity index (χ0) is 12.3. The van der Waals surface area contributed by atoms with Crippen LogP contribution in [0.3, 0.4) is 0 Å². The molecule has 1 fully saturated rings. The number of aromatic nitrogens is 2. The third-order valence-electron chi connectivity index (χ3n) is 2.94. The van der Waals surface area contributed by atoms with Crippen LogP contribution in [-0.4, -0.2) is 48.1 Å². The molecule has 0 bridgehead atoms. The Morgan fingerprint density at radius 2 is 2.12 bits per heavy atom. The summed E-state index contributed by atoms with van der Waals surface area (Å²) in [6.45, 7) is 1.88. The minimum Gasteiger partial charge on any atom is -0.373 e. The maximum atomic E-state index is 5.61. The lowest BCUT2D eigenvalue weighted by Gasteiger charge is -2.16. The lowest BCUT2D eigenvalue weighted by atomic mass is 10.4. The molecule has 0 aliphatic heterocycles. The normalized spacial score (nSPS) is 15.0. The van der Waals surface area contributed by atoms with Crippen LogP contribution in [0.1, 0.15) is 12.8 Å². The van der Waals surface area contributed by atoms with E-state index in [1.54, 1.807) is 0 Å². The average molecular weight is 236 g/mol. The molecule has 0 amide bonds. The zero-order valence-electron chi connectivity index (χ0n) is 10.4. The van der Waals surface area contributed by atoms with Gasteiger partial charge in [-0.25, -0.2) is 0 Å². The number of likely N-dealkylation sites (N-methyl/N-ethyl adjacent to an activating group) is 1. The van der Waals surface area contributed by atoms with Crippen molar-refractivity contribution >= 4 is 17.6 Å². The van der Waals surface area contributed by atoms with E-state index in [1.807, 2.05) is 13.1 Å². The minimum absolute atomic E-state index is 0.287. The Balaban J connectivity index is 1.83. The minimum atomic E-state index is 0.287. The molecule has 4 N–H and O–H groups in total. The number of hydrogen-bond donors (Lipinski definition) is 3. The summed E-state index contributed by atoms with van der Waals surface area (Å²) < 4.78 is 0. The highest BCUT2D eigenvalue weighted by Gasteiger charge is 2.25. The average Bonchev–Trinajstić information content (AvgIpc) is 3.12. The molecule has 17 heavy (non-hydrogen) atoms. The van der Waals surface area contributed by atoms with Crippen molar-refractivity contribution in [3.8, 4) is 0 Å². The smallest absolute Gasteiger partial charge is 0.223 e. The first-order valence-electron chi connectivity index (χ1n) is 5.95. The topological polar surface area (TPSA) is 79.1 Å². The molecular formula is C11H20N6. The SMILES string of the molecule is CNc1cc(NCCN(C)C2CC2)nc(N)n1. The molecule has 0 radical (unpaired) electrons. The molecule has 94 valence electrons. The highest BCUT2D eigenvalue weighted by molar-refractivity contribution is 5.50. The van der Waals surface area contributed by atoms with E-state index in [-0.39, 0.29) is 5.95 Å². The lowest BCUT2D eigenvalue weighted by Crippen LogP contribution is -2.27. The molecule has 0 atom stereocenters. The number of hydrogen-bond acceptors (Lipinski definition) is 6. The molecule has 0 saturated heterocycles. The van der Waals surface area contributed by atoms with Crippen LogP contribution in [0.5, 0.6) is 0 Å². The second-order valence-corrected chi connectivity index (χ2v) is 4.39. The van der Waals surface area contributed by atoms with Crippen molar-refractivity contribution in [3.05, 3.63) is 6.07 Å². The number of nitrogens with one attached hydrogen (secondary N) is 2. The Hall–Kier alpha value is -1.56. The second kappa shape index (κ2) is 5.18. The standard InChI is InChI=1S/C11H20N6/c1-13-9-7-10(16-11(12)15-9)14-5-6-17(2)8-3-4-8/h7-8H,3-6H2,1-2H3,(H4,12,13,14,15,16). The molecule has 0 spiro atoms. The fourth-order valence-corrected chi connectivity index (χ4v) is 1.74. The fourth-order valence-electron chi connectivity index (χ4n) is 1.74. The Bertz CT molecular complexity index is 376. The quantitative estimate of drug-likeness (QED) is 0.671. The number of nitrogen functional groups attached to an aromatic ring is 1. The highest BCUT2D eigenvalue weighted by atomic mass is 15.2. The third-order valence-corrected chi connectivity index (χ3v) is 2.94. The first-order valence-corrected chi connectivity index (χ1v) is 5.95. The fraction of sp³-hybridized carbons (Fsp3) is 0.636. The van der Waals surface area contributed by atoms with Crippen LogP contribution in [0.2, 0.25) is 0 Å². The van der Waals surface area contributed by atoms with Crippen molar-refractivity contribution in [1.29, 1.82) is 0 Å². The third kappa shape index (κ3) is 3.45. The van der Waals surface area contributed by atoms with Crippen molar-refractivity contribution in [2.45, 2.75) is 18.9 Å². The summed E-state index contributed by atoms with van der Waals surface area (Å²) in [6.07, 6.45) is 2.67. The van der Waals surface area contributed by atoms with E-state index in [1.165, 1.54) is 12.8 Å². The van der Waals surface area contributed by atoms with Gasteiger partial charge in [0.05, 0.1) is 0 Å². The predicted molar refractivity (Wildman–Crippen MR) is 70.1 cm³/mol. The van der Waals surface area contributed by atoms with Crippen LogP contribution in [0.25, 0.3) is 0 Å². The van der Waals surface area contributed by atoms with Gasteiger partial charge in [-0.3, -0.25) is 0 Å². The van der Waals surface area contributed by atoms with Gasteiger partial charge < -0.3 is 21.3 Å². The Morgan fingerprint density at radius 3 is 2.76 bits per heavy atom. The van der Waals surface area contributed by atoms with Gasteiger partial charge in [0.25, 0.3) is 0 Å². The lowest BCUT2D eigenvalue weighted by molar-refractivity contribution is 0.337. The first kappa shape index (κ1) is 11.9. The summed E-state index contributed by atoms with van der Waals surface area (Å²) in [4.78, 5) is 10.5. The summed E-state index contributed by atoms with van der Waals surface area (Å²) in [5, 5.41) is 6.22. The van der Waals surface area contributed by atoms with Crippen molar-refractivity contribution in [3.63, 3.8) is 0 Å². The van der Waals surface area contributed by atoms with Gasteiger partial charge in [0.1, 0.15) is 11.6 Å². The Kier molecular flexibility index (Phi) is 3.63. The summed E-state index contributed by atoms with van der Waals surface area (Å²) in [7, 11) is 3.97. The van der Waals surface area contributed by atoms with Crippen LogP contribution < -0.4 is 16.4 Å². The number of anilines is 3. The van der Waals surface area contributed by atoms with E-state index in [0.717, 1.165) is 30.8 Å². The first-order chi connectivity index (χ1) is 8.19. The predicted octanol–water partition coefficient (Wildman–Crippen LogP) is 0.607. The van der Waals surface area contributed by atoms with E-state index in [0.29, 0.717) is 0 Å². The number of nitrogens with two attached hydrogens (primary N) is 1. The van der Waals surface area contributed by atoms with E-state index in [4.69, 9.17) is 5.73 Å². The van der Waals surface area contributed by atoms with E-state index >= 15 is 0 Å². The van der Waals surface area contributed by atoms with Crippen LogP contribution in [0, 0.1) is 0 Å². The molecule has 1 aromatic heterocycles. The summed E-state index contributed by atoms with van der Waals surface area (Å²) in [6, 6.07) is 2.65. The molecule has 1 saturated carbocycles. The molecular weight excluding hydrogens is 216 g/mol. The maximum Gasteiger partial charge on any atom is 0.223 e. The van der Waals surface area contributed by atoms with E-state index < -0.39 is 0 Å². The summed E-state index contributed by atoms with van der Waals surface area (Å²) in [5.74, 6) is 1.79. The molecule has 6 heteroatoms. The Labute approximate surface area is 102 Å². The molecule has 6 nitrogen and oxygen atoms in total. The van der Waals surface area contributed by atoms with Crippen LogP contribution in [-0.2, 0) is 0 Å². The molecule has 1 aromatic rings. The van der Waals surface area contributed by atoms with Gasteiger partial charge in [0.2, 0.25) is 5.95 Å². The van der Waals surface area contributed by atoms with Gasteiger partial charge in [-0.2, -0.15) is 9.97 Å². The van der Waals surface area contributed by atoms with Gasteiger partial charge in [-0.15, -0.1) is 0 Å². The van der Waals surface area contributed by atoms with E-state index in [9.17, 15) is 0 Å². The Morgan fingerprint density at radius 1 is 1.41 bits per heavy atom.